The second kappa shape index (κ2) is 8.91. The molecule has 1 heterocycles. The number of aromatic hydroxyl groups is 2. The fourth-order valence-electron chi connectivity index (χ4n) is 2.88. The Kier molecular flexibility index (Phi) is 6.33. The highest BCUT2D eigenvalue weighted by Gasteiger charge is 2.39. The van der Waals surface area contributed by atoms with E-state index in [2.05, 4.69) is 5.43 Å². The number of para-hydroxylation sites is 1. The highest BCUT2D eigenvalue weighted by atomic mass is 32.2. The standard InChI is InChI=1S/C21H22N2O5S/c1-3-4-9-18-20(27)23(22-19(26)14-7-5-6-8-15(14)24)21(29-18)13-10-11-17(28-2)16(25)12-13/h5-12,21,24-25H,3-4H2,1-2H3,(H,22,26)/b18-9+. The predicted molar refractivity (Wildman–Crippen MR) is 110 cm³/mol. The molecule has 0 aromatic heterocycles. The Labute approximate surface area is 173 Å². The normalized spacial score (nSPS) is 17.6. The summed E-state index contributed by atoms with van der Waals surface area (Å²) in [6, 6.07) is 10.9. The zero-order valence-electron chi connectivity index (χ0n) is 16.1. The maximum atomic E-state index is 12.9. The van der Waals surface area contributed by atoms with Gasteiger partial charge in [-0.3, -0.25) is 15.0 Å². The number of rotatable bonds is 6. The van der Waals surface area contributed by atoms with E-state index in [1.54, 1.807) is 24.3 Å². The molecule has 0 bridgehead atoms. The van der Waals surface area contributed by atoms with Gasteiger partial charge in [0.1, 0.15) is 11.1 Å². The first-order chi connectivity index (χ1) is 14.0. The Morgan fingerprint density at radius 2 is 2.00 bits per heavy atom. The van der Waals surface area contributed by atoms with Crippen molar-refractivity contribution in [3.63, 3.8) is 0 Å². The van der Waals surface area contributed by atoms with Crippen molar-refractivity contribution >= 4 is 23.6 Å². The molecule has 0 saturated carbocycles. The summed E-state index contributed by atoms with van der Waals surface area (Å²) in [4.78, 5) is 26.1. The average Bonchev–Trinajstić information content (AvgIpc) is 3.02. The Morgan fingerprint density at radius 3 is 2.66 bits per heavy atom. The van der Waals surface area contributed by atoms with Crippen molar-refractivity contribution in [3.8, 4) is 17.2 Å². The number of hydrogen-bond acceptors (Lipinski definition) is 6. The molecule has 8 heteroatoms. The summed E-state index contributed by atoms with van der Waals surface area (Å²) in [5.41, 5.74) is 3.29. The van der Waals surface area contributed by atoms with Crippen LogP contribution in [-0.4, -0.2) is 34.1 Å². The number of amides is 2. The number of thioether (sulfide) groups is 1. The summed E-state index contributed by atoms with van der Waals surface area (Å²) in [5, 5.41) is 20.7. The molecule has 2 aromatic carbocycles. The summed E-state index contributed by atoms with van der Waals surface area (Å²) >= 11 is 1.29. The second-order valence-corrected chi connectivity index (χ2v) is 7.51. The number of methoxy groups -OCH3 is 1. The van der Waals surface area contributed by atoms with Crippen molar-refractivity contribution in [2.75, 3.05) is 7.11 Å². The Bertz CT molecular complexity index is 960. The summed E-state index contributed by atoms with van der Waals surface area (Å²) < 4.78 is 5.07. The van der Waals surface area contributed by atoms with E-state index < -0.39 is 11.3 Å². The van der Waals surface area contributed by atoms with E-state index in [1.807, 2.05) is 13.0 Å². The second-order valence-electron chi connectivity index (χ2n) is 6.39. The minimum absolute atomic E-state index is 0.0592. The Balaban J connectivity index is 1.94. The van der Waals surface area contributed by atoms with Crippen LogP contribution in [0.1, 0.15) is 41.1 Å². The molecule has 7 nitrogen and oxygen atoms in total. The number of allylic oxidation sites excluding steroid dienone is 1. The van der Waals surface area contributed by atoms with Gasteiger partial charge in [-0.15, -0.1) is 0 Å². The van der Waals surface area contributed by atoms with Crippen LogP contribution in [0.2, 0.25) is 0 Å². The lowest BCUT2D eigenvalue weighted by molar-refractivity contribution is -0.128. The third-order valence-electron chi connectivity index (χ3n) is 4.38. The zero-order valence-corrected chi connectivity index (χ0v) is 16.9. The average molecular weight is 414 g/mol. The number of carbonyl (C=O) groups is 2. The molecule has 0 radical (unpaired) electrons. The van der Waals surface area contributed by atoms with E-state index in [0.29, 0.717) is 16.2 Å². The lowest BCUT2D eigenvalue weighted by Crippen LogP contribution is -2.44. The maximum absolute atomic E-state index is 12.9. The van der Waals surface area contributed by atoms with Crippen LogP contribution < -0.4 is 10.2 Å². The van der Waals surface area contributed by atoms with Crippen LogP contribution >= 0.6 is 11.8 Å². The van der Waals surface area contributed by atoms with Crippen molar-refractivity contribution < 1.29 is 24.5 Å². The molecule has 2 amide bonds. The molecule has 1 atom stereocenters. The molecule has 1 fully saturated rings. The number of hydrogen-bond donors (Lipinski definition) is 3. The van der Waals surface area contributed by atoms with E-state index in [0.717, 1.165) is 12.8 Å². The van der Waals surface area contributed by atoms with Gasteiger partial charge in [-0.05, 0) is 36.2 Å². The molecule has 2 aromatic rings. The maximum Gasteiger partial charge on any atom is 0.279 e. The minimum atomic E-state index is -0.600. The summed E-state index contributed by atoms with van der Waals surface area (Å²) in [5.74, 6) is -0.862. The number of nitrogens with one attached hydrogen (secondary N) is 1. The van der Waals surface area contributed by atoms with Gasteiger partial charge < -0.3 is 14.9 Å². The van der Waals surface area contributed by atoms with Gasteiger partial charge >= 0.3 is 0 Å². The monoisotopic (exact) mass is 414 g/mol. The molecule has 0 aliphatic carbocycles. The van der Waals surface area contributed by atoms with Crippen LogP contribution in [-0.2, 0) is 4.79 Å². The highest BCUT2D eigenvalue weighted by Crippen LogP contribution is 2.46. The molecule has 3 N–H and O–H groups in total. The number of carbonyl (C=O) groups excluding carboxylic acids is 2. The molecule has 3 rings (SSSR count). The number of phenols is 2. The Morgan fingerprint density at radius 1 is 1.24 bits per heavy atom. The molecule has 1 aliphatic heterocycles. The third-order valence-corrected chi connectivity index (χ3v) is 5.68. The lowest BCUT2D eigenvalue weighted by Gasteiger charge is -2.24. The number of hydrazine groups is 1. The number of phenolic OH excluding ortho intramolecular Hbond substituents is 2. The summed E-state index contributed by atoms with van der Waals surface area (Å²) in [6.07, 6.45) is 3.46. The van der Waals surface area contributed by atoms with Crippen LogP contribution in [0.25, 0.3) is 0 Å². The van der Waals surface area contributed by atoms with Gasteiger partial charge in [-0.1, -0.05) is 49.4 Å². The SMILES string of the molecule is CCC/C=C1/SC(c2ccc(OC)c(O)c2)N(NC(=O)c2ccccc2O)C1=O. The van der Waals surface area contributed by atoms with Gasteiger partial charge in [0.15, 0.2) is 11.5 Å². The third kappa shape index (κ3) is 4.32. The minimum Gasteiger partial charge on any atom is -0.507 e. The number of unbranched alkanes of at least 4 members (excludes halogenated alkanes) is 1. The molecule has 0 spiro atoms. The van der Waals surface area contributed by atoms with Crippen molar-refractivity contribution in [3.05, 3.63) is 64.6 Å². The van der Waals surface area contributed by atoms with Crippen molar-refractivity contribution in [2.24, 2.45) is 0 Å². The summed E-state index contributed by atoms with van der Waals surface area (Å²) in [7, 11) is 1.45. The predicted octanol–water partition coefficient (Wildman–Crippen LogP) is 3.71. The van der Waals surface area contributed by atoms with E-state index in [-0.39, 0.29) is 23.0 Å². The highest BCUT2D eigenvalue weighted by molar-refractivity contribution is 8.04. The number of ether oxygens (including phenoxy) is 1. The number of benzene rings is 2. The molecule has 1 saturated heterocycles. The van der Waals surface area contributed by atoms with Crippen molar-refractivity contribution in [1.82, 2.24) is 10.4 Å². The molecule has 152 valence electrons. The van der Waals surface area contributed by atoms with Gasteiger partial charge in [0.05, 0.1) is 17.6 Å². The largest absolute Gasteiger partial charge is 0.507 e. The molecular weight excluding hydrogens is 392 g/mol. The van der Waals surface area contributed by atoms with Crippen LogP contribution in [0, 0.1) is 0 Å². The first-order valence-corrected chi connectivity index (χ1v) is 10.0. The topological polar surface area (TPSA) is 99.1 Å². The zero-order chi connectivity index (χ0) is 21.0. The van der Waals surface area contributed by atoms with Gasteiger partial charge in [0.25, 0.3) is 11.8 Å². The van der Waals surface area contributed by atoms with Gasteiger partial charge in [-0.25, -0.2) is 5.01 Å². The lowest BCUT2D eigenvalue weighted by atomic mass is 10.2. The molecule has 1 unspecified atom stereocenters. The van der Waals surface area contributed by atoms with Crippen molar-refractivity contribution in [2.45, 2.75) is 25.1 Å². The van der Waals surface area contributed by atoms with Crippen LogP contribution in [0.3, 0.4) is 0 Å². The Hall–Kier alpha value is -3.13. The van der Waals surface area contributed by atoms with Crippen LogP contribution in [0.4, 0.5) is 0 Å². The number of nitrogens with zero attached hydrogens (tertiary/aromatic N) is 1. The van der Waals surface area contributed by atoms with E-state index >= 15 is 0 Å². The van der Waals surface area contributed by atoms with Crippen LogP contribution in [0.5, 0.6) is 17.2 Å². The molecule has 1 aliphatic rings. The van der Waals surface area contributed by atoms with E-state index in [4.69, 9.17) is 4.74 Å². The smallest absolute Gasteiger partial charge is 0.279 e. The molecule has 29 heavy (non-hydrogen) atoms. The fourth-order valence-corrected chi connectivity index (χ4v) is 4.07. The quantitative estimate of drug-likeness (QED) is 0.623. The van der Waals surface area contributed by atoms with Gasteiger partial charge in [-0.2, -0.15) is 0 Å². The fraction of sp³-hybridized carbons (Fsp3) is 0.238. The first kappa shape index (κ1) is 20.6. The van der Waals surface area contributed by atoms with Crippen molar-refractivity contribution in [1.29, 1.82) is 0 Å². The molecular formula is C21H22N2O5S. The summed E-state index contributed by atoms with van der Waals surface area (Å²) in [6.45, 7) is 2.01. The van der Waals surface area contributed by atoms with Gasteiger partial charge in [0, 0.05) is 0 Å². The van der Waals surface area contributed by atoms with E-state index in [1.165, 1.54) is 42.1 Å². The first-order valence-electron chi connectivity index (χ1n) is 9.12. The van der Waals surface area contributed by atoms with E-state index in [9.17, 15) is 19.8 Å². The van der Waals surface area contributed by atoms with Gasteiger partial charge in [0.2, 0.25) is 0 Å². The van der Waals surface area contributed by atoms with Crippen LogP contribution in [0.15, 0.2) is 53.4 Å².